The van der Waals surface area contributed by atoms with E-state index >= 15 is 0 Å². The zero-order chi connectivity index (χ0) is 9.54. The molecule has 0 fully saturated rings. The summed E-state index contributed by atoms with van der Waals surface area (Å²) in [4.78, 5) is 0. The quantitative estimate of drug-likeness (QED) is 0.759. The van der Waals surface area contributed by atoms with Gasteiger partial charge in [-0.1, -0.05) is 0 Å². The Bertz CT molecular complexity index is 492. The Hall–Kier alpha value is -0.780. The third-order valence-electron chi connectivity index (χ3n) is 2.58. The molecule has 0 spiro atoms. The van der Waals surface area contributed by atoms with E-state index in [9.17, 15) is 0 Å². The summed E-state index contributed by atoms with van der Waals surface area (Å²) in [5.74, 6) is 1.03. The van der Waals surface area contributed by atoms with Crippen LogP contribution in [0.4, 0.5) is 0 Å². The molecule has 1 N–H and O–H groups in total. The molecule has 4 heteroatoms. The summed E-state index contributed by atoms with van der Waals surface area (Å²) in [7, 11) is 0. The third kappa shape index (κ3) is 1.13. The molecule has 0 radical (unpaired) electrons. The monoisotopic (exact) mass is 300 g/mol. The van der Waals surface area contributed by atoms with Crippen molar-refractivity contribution in [3.63, 3.8) is 0 Å². The number of halogens is 1. The van der Waals surface area contributed by atoms with Gasteiger partial charge in [0.2, 0.25) is 0 Å². The molecule has 1 aliphatic heterocycles. The molecular weight excluding hydrogens is 291 g/mol. The van der Waals surface area contributed by atoms with Gasteiger partial charge in [-0.25, -0.2) is 0 Å². The molecular formula is C10H9IN2O. The fourth-order valence-corrected chi connectivity index (χ4v) is 2.67. The lowest BCUT2D eigenvalue weighted by molar-refractivity contribution is 0.289. The highest BCUT2D eigenvalue weighted by molar-refractivity contribution is 14.1. The zero-order valence-electron chi connectivity index (χ0n) is 7.51. The van der Waals surface area contributed by atoms with Gasteiger partial charge in [0.25, 0.3) is 0 Å². The Kier molecular flexibility index (Phi) is 1.90. The number of ether oxygens (including phenoxy) is 1. The minimum absolute atomic E-state index is 0.840. The molecule has 0 bridgehead atoms. The number of benzene rings is 1. The van der Waals surface area contributed by atoms with E-state index in [2.05, 4.69) is 32.8 Å². The minimum atomic E-state index is 0.840. The van der Waals surface area contributed by atoms with Crippen LogP contribution in [0.3, 0.4) is 0 Å². The van der Waals surface area contributed by atoms with Crippen molar-refractivity contribution in [1.29, 1.82) is 0 Å². The van der Waals surface area contributed by atoms with Crippen LogP contribution in [0, 0.1) is 3.70 Å². The number of rotatable bonds is 0. The molecule has 2 aromatic rings. The van der Waals surface area contributed by atoms with Crippen LogP contribution >= 0.6 is 22.6 Å². The Labute approximate surface area is 95.0 Å². The fraction of sp³-hybridized carbons (Fsp3) is 0.300. The van der Waals surface area contributed by atoms with Crippen molar-refractivity contribution in [1.82, 2.24) is 10.2 Å². The number of nitrogens with zero attached hydrogens (tertiary/aromatic N) is 1. The van der Waals surface area contributed by atoms with E-state index in [-0.39, 0.29) is 0 Å². The van der Waals surface area contributed by atoms with Gasteiger partial charge < -0.3 is 4.74 Å². The number of aryl methyl sites for hydroxylation is 1. The normalized spacial score (nSPS) is 15.2. The number of aromatic nitrogens is 2. The molecule has 0 amide bonds. The van der Waals surface area contributed by atoms with Crippen molar-refractivity contribution >= 4 is 33.5 Å². The smallest absolute Gasteiger partial charge is 0.131 e. The summed E-state index contributed by atoms with van der Waals surface area (Å²) in [5.41, 5.74) is 2.42. The highest BCUT2D eigenvalue weighted by atomic mass is 127. The summed E-state index contributed by atoms with van der Waals surface area (Å²) in [5, 5.41) is 8.47. The summed E-state index contributed by atoms with van der Waals surface area (Å²) in [6.45, 7) is 0.840. The van der Waals surface area contributed by atoms with E-state index in [1.807, 2.05) is 12.1 Å². The van der Waals surface area contributed by atoms with E-state index in [1.165, 1.54) is 10.9 Å². The zero-order valence-corrected chi connectivity index (χ0v) is 9.67. The second-order valence-corrected chi connectivity index (χ2v) is 4.45. The van der Waals surface area contributed by atoms with Gasteiger partial charge in [0.05, 0.1) is 12.1 Å². The van der Waals surface area contributed by atoms with Gasteiger partial charge in [-0.2, -0.15) is 5.10 Å². The maximum absolute atomic E-state index is 5.61. The van der Waals surface area contributed by atoms with Crippen LogP contribution in [0.1, 0.15) is 12.0 Å². The topological polar surface area (TPSA) is 37.9 Å². The molecule has 0 atom stereocenters. The van der Waals surface area contributed by atoms with Crippen LogP contribution < -0.4 is 4.74 Å². The van der Waals surface area contributed by atoms with Crippen LogP contribution in [-0.4, -0.2) is 16.8 Å². The summed E-state index contributed by atoms with van der Waals surface area (Å²) in [6, 6.07) is 4.07. The van der Waals surface area contributed by atoms with E-state index in [0.717, 1.165) is 34.4 Å². The van der Waals surface area contributed by atoms with Crippen molar-refractivity contribution in [3.8, 4) is 5.75 Å². The standard InChI is InChI=1S/C10H9IN2O/c11-10-9-6-2-1-5-14-8(6)4-3-7(9)12-13-10/h3-4H,1-2,5H2,(H,12,13). The second-order valence-electron chi connectivity index (χ2n) is 3.43. The molecule has 1 aromatic carbocycles. The van der Waals surface area contributed by atoms with Gasteiger partial charge in [0.15, 0.2) is 0 Å². The summed E-state index contributed by atoms with van der Waals surface area (Å²) >= 11 is 2.26. The van der Waals surface area contributed by atoms with Crippen LogP contribution in [-0.2, 0) is 6.42 Å². The predicted molar refractivity (Wildman–Crippen MR) is 62.6 cm³/mol. The molecule has 0 aliphatic carbocycles. The summed E-state index contributed by atoms with van der Waals surface area (Å²) in [6.07, 6.45) is 2.20. The minimum Gasteiger partial charge on any atom is -0.493 e. The van der Waals surface area contributed by atoms with Crippen molar-refractivity contribution in [2.75, 3.05) is 6.61 Å². The number of fused-ring (bicyclic) bond motifs is 3. The first-order valence-electron chi connectivity index (χ1n) is 4.64. The molecule has 3 rings (SSSR count). The van der Waals surface area contributed by atoms with Crippen LogP contribution in [0.5, 0.6) is 5.75 Å². The van der Waals surface area contributed by atoms with Gasteiger partial charge >= 0.3 is 0 Å². The molecule has 3 nitrogen and oxygen atoms in total. The largest absolute Gasteiger partial charge is 0.493 e. The molecule has 14 heavy (non-hydrogen) atoms. The Morgan fingerprint density at radius 2 is 2.36 bits per heavy atom. The van der Waals surface area contributed by atoms with Gasteiger partial charge in [0, 0.05) is 10.9 Å². The Balaban J connectivity index is 2.38. The average molecular weight is 300 g/mol. The van der Waals surface area contributed by atoms with Crippen molar-refractivity contribution in [2.45, 2.75) is 12.8 Å². The van der Waals surface area contributed by atoms with E-state index in [1.54, 1.807) is 0 Å². The van der Waals surface area contributed by atoms with Gasteiger partial charge in [-0.05, 0) is 47.6 Å². The van der Waals surface area contributed by atoms with Crippen molar-refractivity contribution in [3.05, 3.63) is 21.4 Å². The van der Waals surface area contributed by atoms with Crippen LogP contribution in [0.2, 0.25) is 0 Å². The molecule has 1 aliphatic rings. The lowest BCUT2D eigenvalue weighted by Gasteiger charge is -2.17. The Morgan fingerprint density at radius 1 is 1.43 bits per heavy atom. The number of aromatic amines is 1. The maximum Gasteiger partial charge on any atom is 0.131 e. The van der Waals surface area contributed by atoms with E-state index < -0.39 is 0 Å². The number of H-pyrrole nitrogens is 1. The first-order chi connectivity index (χ1) is 6.86. The third-order valence-corrected chi connectivity index (χ3v) is 3.36. The second kappa shape index (κ2) is 3.12. The molecule has 2 heterocycles. The molecule has 0 saturated heterocycles. The Morgan fingerprint density at radius 3 is 3.29 bits per heavy atom. The maximum atomic E-state index is 5.61. The lowest BCUT2D eigenvalue weighted by atomic mass is 10.0. The highest BCUT2D eigenvalue weighted by Gasteiger charge is 2.16. The average Bonchev–Trinajstić information content (AvgIpc) is 2.61. The number of hydrogen-bond donors (Lipinski definition) is 1. The van der Waals surface area contributed by atoms with Crippen LogP contribution in [0.15, 0.2) is 12.1 Å². The van der Waals surface area contributed by atoms with Crippen molar-refractivity contribution < 1.29 is 4.74 Å². The predicted octanol–water partition coefficient (Wildman–Crippen LogP) is 2.49. The highest BCUT2D eigenvalue weighted by Crippen LogP contribution is 2.33. The molecule has 1 aromatic heterocycles. The fourth-order valence-electron chi connectivity index (χ4n) is 1.94. The first-order valence-corrected chi connectivity index (χ1v) is 5.72. The van der Waals surface area contributed by atoms with Crippen LogP contribution in [0.25, 0.3) is 10.9 Å². The lowest BCUT2D eigenvalue weighted by Crippen LogP contribution is -2.08. The number of hydrogen-bond acceptors (Lipinski definition) is 2. The summed E-state index contributed by atoms with van der Waals surface area (Å²) < 4.78 is 6.65. The molecule has 0 unspecified atom stereocenters. The van der Waals surface area contributed by atoms with Gasteiger partial charge in [-0.3, -0.25) is 5.10 Å². The van der Waals surface area contributed by atoms with Gasteiger partial charge in [-0.15, -0.1) is 0 Å². The number of nitrogens with one attached hydrogen (secondary N) is 1. The van der Waals surface area contributed by atoms with Gasteiger partial charge in [0.1, 0.15) is 9.45 Å². The van der Waals surface area contributed by atoms with Crippen molar-refractivity contribution in [2.24, 2.45) is 0 Å². The first kappa shape index (κ1) is 8.52. The molecule has 72 valence electrons. The van der Waals surface area contributed by atoms with E-state index in [4.69, 9.17) is 4.74 Å². The van der Waals surface area contributed by atoms with E-state index in [0.29, 0.717) is 0 Å². The SMILES string of the molecule is Ic1n[nH]c2ccc3c(c12)CCCO3. The molecule has 0 saturated carbocycles.